The largest absolute Gasteiger partial charge is 1.00 e. The van der Waals surface area contributed by atoms with Crippen LogP contribution in [0.3, 0.4) is 0 Å². The van der Waals surface area contributed by atoms with Crippen molar-refractivity contribution in [2.75, 3.05) is 0 Å². The second-order valence-electron chi connectivity index (χ2n) is 3.91. The van der Waals surface area contributed by atoms with Crippen molar-refractivity contribution in [3.05, 3.63) is 43.5 Å². The van der Waals surface area contributed by atoms with E-state index in [1.807, 2.05) is 12.2 Å². The van der Waals surface area contributed by atoms with Crippen LogP contribution < -0.4 is 28.5 Å². The molecule has 0 aliphatic carbocycles. The highest BCUT2D eigenvalue weighted by Gasteiger charge is 2.16. The molecule has 16 heavy (non-hydrogen) atoms. The first-order valence-electron chi connectivity index (χ1n) is 5.53. The molecule has 0 N–H and O–H groups in total. The number of hydrogen-bond acceptors (Lipinski definition) is 0. The molecule has 0 aliphatic rings. The standard InChI is InChI=1S/C13H21N2.HI/c1-5-8-14-10-13(12(4)7-3)15(11-14)9-6-2;/h5-6,10-12H,1-2,7-9H2,3-4H3;1H/q+1;/p-1. The molecule has 1 heterocycles. The molecule has 1 aromatic heterocycles. The molecule has 0 aromatic carbocycles. The minimum Gasteiger partial charge on any atom is -1.00 e. The molecule has 1 rings (SSSR count). The monoisotopic (exact) mass is 332 g/mol. The summed E-state index contributed by atoms with van der Waals surface area (Å²) in [6.07, 6.45) is 9.35. The van der Waals surface area contributed by atoms with Crippen molar-refractivity contribution in [3.8, 4) is 0 Å². The molecule has 0 radical (unpaired) electrons. The van der Waals surface area contributed by atoms with Crippen molar-refractivity contribution in [1.29, 1.82) is 0 Å². The smallest absolute Gasteiger partial charge is 0.244 e. The number of rotatable bonds is 6. The van der Waals surface area contributed by atoms with Gasteiger partial charge in [0, 0.05) is 5.92 Å². The van der Waals surface area contributed by atoms with E-state index in [1.165, 1.54) is 5.69 Å². The number of imidazole rings is 1. The van der Waals surface area contributed by atoms with Crippen molar-refractivity contribution in [1.82, 2.24) is 4.57 Å². The summed E-state index contributed by atoms with van der Waals surface area (Å²) < 4.78 is 4.42. The maximum atomic E-state index is 3.79. The summed E-state index contributed by atoms with van der Waals surface area (Å²) in [5.41, 5.74) is 1.37. The molecular formula is C13H21IN2. The van der Waals surface area contributed by atoms with Crippen molar-refractivity contribution < 1.29 is 28.5 Å². The van der Waals surface area contributed by atoms with E-state index >= 15 is 0 Å². The lowest BCUT2D eigenvalue weighted by atomic mass is 10.1. The summed E-state index contributed by atoms with van der Waals surface area (Å²) in [6, 6.07) is 0. The van der Waals surface area contributed by atoms with E-state index in [0.717, 1.165) is 19.5 Å². The van der Waals surface area contributed by atoms with Gasteiger partial charge in [-0.25, -0.2) is 9.13 Å². The lowest BCUT2D eigenvalue weighted by Gasteiger charge is -2.04. The van der Waals surface area contributed by atoms with Crippen molar-refractivity contribution in [2.45, 2.75) is 39.3 Å². The van der Waals surface area contributed by atoms with Crippen LogP contribution in [-0.2, 0) is 13.1 Å². The van der Waals surface area contributed by atoms with Gasteiger partial charge in [0.1, 0.15) is 25.0 Å². The van der Waals surface area contributed by atoms with Crippen LogP contribution in [0.15, 0.2) is 37.8 Å². The number of allylic oxidation sites excluding steroid dienone is 2. The van der Waals surface area contributed by atoms with Gasteiger partial charge in [-0.05, 0) is 6.42 Å². The Bertz CT molecular complexity index is 342. The number of hydrogen-bond donors (Lipinski definition) is 0. The van der Waals surface area contributed by atoms with E-state index in [9.17, 15) is 0 Å². The van der Waals surface area contributed by atoms with Crippen molar-refractivity contribution in [2.24, 2.45) is 0 Å². The molecule has 0 saturated heterocycles. The highest BCUT2D eigenvalue weighted by Crippen LogP contribution is 2.17. The predicted octanol–water partition coefficient (Wildman–Crippen LogP) is -0.335. The van der Waals surface area contributed by atoms with Gasteiger partial charge in [0.15, 0.2) is 0 Å². The summed E-state index contributed by atoms with van der Waals surface area (Å²) in [5, 5.41) is 0. The molecule has 0 aliphatic heterocycles. The molecule has 3 heteroatoms. The first-order chi connectivity index (χ1) is 7.22. The van der Waals surface area contributed by atoms with E-state index in [0.29, 0.717) is 5.92 Å². The number of halogens is 1. The second kappa shape index (κ2) is 7.65. The number of nitrogens with zero attached hydrogens (tertiary/aromatic N) is 2. The summed E-state index contributed by atoms with van der Waals surface area (Å²) >= 11 is 0. The third kappa shape index (κ3) is 3.77. The summed E-state index contributed by atoms with van der Waals surface area (Å²) in [5.74, 6) is 0.594. The Balaban J connectivity index is 0.00000225. The van der Waals surface area contributed by atoms with Crippen LogP contribution >= 0.6 is 0 Å². The molecule has 1 aromatic rings. The topological polar surface area (TPSA) is 8.81 Å². The highest BCUT2D eigenvalue weighted by atomic mass is 127. The molecule has 0 saturated carbocycles. The summed E-state index contributed by atoms with van der Waals surface area (Å²) in [4.78, 5) is 0. The molecule has 2 nitrogen and oxygen atoms in total. The van der Waals surface area contributed by atoms with Crippen LogP contribution in [0, 0.1) is 0 Å². The fraction of sp³-hybridized carbons (Fsp3) is 0.462. The Morgan fingerprint density at radius 3 is 2.62 bits per heavy atom. The summed E-state index contributed by atoms with van der Waals surface area (Å²) in [6.45, 7) is 13.8. The van der Waals surface area contributed by atoms with Crippen LogP contribution in [-0.4, -0.2) is 4.57 Å². The first-order valence-corrected chi connectivity index (χ1v) is 5.53. The van der Waals surface area contributed by atoms with Gasteiger partial charge in [-0.3, -0.25) is 0 Å². The van der Waals surface area contributed by atoms with Gasteiger partial charge in [-0.1, -0.05) is 39.2 Å². The third-order valence-electron chi connectivity index (χ3n) is 2.70. The Morgan fingerprint density at radius 2 is 2.12 bits per heavy atom. The van der Waals surface area contributed by atoms with Crippen LogP contribution in [0.25, 0.3) is 0 Å². The molecule has 0 bridgehead atoms. The molecule has 0 spiro atoms. The zero-order valence-electron chi connectivity index (χ0n) is 10.2. The maximum Gasteiger partial charge on any atom is 0.244 e. The predicted molar refractivity (Wildman–Crippen MR) is 63.7 cm³/mol. The Hall–Kier alpha value is -0.580. The molecular weight excluding hydrogens is 311 g/mol. The zero-order valence-corrected chi connectivity index (χ0v) is 12.4. The Morgan fingerprint density at radius 1 is 1.44 bits per heavy atom. The van der Waals surface area contributed by atoms with E-state index in [2.05, 4.69) is 48.7 Å². The van der Waals surface area contributed by atoms with Crippen LogP contribution in [0.2, 0.25) is 0 Å². The lowest BCUT2D eigenvalue weighted by molar-refractivity contribution is -0.686. The van der Waals surface area contributed by atoms with E-state index in [1.54, 1.807) is 0 Å². The first kappa shape index (κ1) is 15.4. The SMILES string of the molecule is C=CCn1c[n+](CC=C)cc1C(C)CC.[I-]. The Labute approximate surface area is 116 Å². The molecule has 90 valence electrons. The Kier molecular flexibility index (Phi) is 7.38. The molecule has 1 atom stereocenters. The average Bonchev–Trinajstić information content (AvgIpc) is 2.61. The second-order valence-corrected chi connectivity index (χ2v) is 3.91. The molecule has 1 unspecified atom stereocenters. The van der Waals surface area contributed by atoms with E-state index in [4.69, 9.17) is 0 Å². The lowest BCUT2D eigenvalue weighted by Crippen LogP contribution is -3.00. The minimum atomic E-state index is 0. The highest BCUT2D eigenvalue weighted by molar-refractivity contribution is 5.02. The average molecular weight is 332 g/mol. The number of aromatic nitrogens is 2. The van der Waals surface area contributed by atoms with Crippen LogP contribution in [0.4, 0.5) is 0 Å². The zero-order chi connectivity index (χ0) is 11.3. The van der Waals surface area contributed by atoms with Crippen molar-refractivity contribution >= 4 is 0 Å². The van der Waals surface area contributed by atoms with Crippen LogP contribution in [0.5, 0.6) is 0 Å². The van der Waals surface area contributed by atoms with Gasteiger partial charge in [0.2, 0.25) is 6.33 Å². The maximum absolute atomic E-state index is 3.79. The van der Waals surface area contributed by atoms with Crippen molar-refractivity contribution in [3.63, 3.8) is 0 Å². The van der Waals surface area contributed by atoms with Gasteiger partial charge in [-0.2, -0.15) is 0 Å². The quantitative estimate of drug-likeness (QED) is 0.383. The fourth-order valence-corrected chi connectivity index (χ4v) is 1.68. The third-order valence-corrected chi connectivity index (χ3v) is 2.70. The normalized spacial score (nSPS) is 11.6. The summed E-state index contributed by atoms with van der Waals surface area (Å²) in [7, 11) is 0. The van der Waals surface area contributed by atoms with Gasteiger partial charge in [0.25, 0.3) is 0 Å². The van der Waals surface area contributed by atoms with Gasteiger partial charge < -0.3 is 24.0 Å². The van der Waals surface area contributed by atoms with E-state index in [-0.39, 0.29) is 24.0 Å². The van der Waals surface area contributed by atoms with Gasteiger partial charge >= 0.3 is 0 Å². The molecule has 0 fully saturated rings. The van der Waals surface area contributed by atoms with Gasteiger partial charge in [-0.15, -0.1) is 0 Å². The van der Waals surface area contributed by atoms with Gasteiger partial charge in [0.05, 0.1) is 0 Å². The van der Waals surface area contributed by atoms with Crippen LogP contribution in [0.1, 0.15) is 31.9 Å². The van der Waals surface area contributed by atoms with E-state index < -0.39 is 0 Å². The molecule has 0 amide bonds. The minimum absolute atomic E-state index is 0. The fourth-order valence-electron chi connectivity index (χ4n) is 1.68.